The second kappa shape index (κ2) is 7.30. The first-order valence-electron chi connectivity index (χ1n) is 8.34. The number of anilines is 2. The Kier molecular flexibility index (Phi) is 5.09. The maximum absolute atomic E-state index is 12.9. The van der Waals surface area contributed by atoms with Gasteiger partial charge < -0.3 is 19.2 Å². The maximum atomic E-state index is 12.9. The summed E-state index contributed by atoms with van der Waals surface area (Å²) < 4.78 is 7.49. The minimum Gasteiger partial charge on any atom is -0.467 e. The Balaban J connectivity index is 1.89. The Hall–Kier alpha value is -2.66. The summed E-state index contributed by atoms with van der Waals surface area (Å²) in [7, 11) is 3.79. The van der Waals surface area contributed by atoms with Crippen LogP contribution in [-0.4, -0.2) is 24.6 Å². The van der Waals surface area contributed by atoms with Crippen molar-refractivity contribution in [3.63, 3.8) is 0 Å². The first-order valence-corrected chi connectivity index (χ1v) is 8.72. The molecule has 0 aliphatic rings. The minimum absolute atomic E-state index is 0.158. The fourth-order valence-corrected chi connectivity index (χ4v) is 3.44. The van der Waals surface area contributed by atoms with Crippen molar-refractivity contribution >= 4 is 28.9 Å². The van der Waals surface area contributed by atoms with Crippen LogP contribution >= 0.6 is 11.6 Å². The molecular formula is C20H22ClN3O2. The van der Waals surface area contributed by atoms with Crippen molar-refractivity contribution in [3.05, 3.63) is 70.4 Å². The Morgan fingerprint density at radius 3 is 2.65 bits per heavy atom. The first kappa shape index (κ1) is 18.1. The van der Waals surface area contributed by atoms with Crippen molar-refractivity contribution in [3.8, 4) is 0 Å². The van der Waals surface area contributed by atoms with E-state index in [1.807, 2.05) is 69.2 Å². The van der Waals surface area contributed by atoms with Crippen LogP contribution in [0, 0.1) is 13.8 Å². The largest absolute Gasteiger partial charge is 0.467 e. The van der Waals surface area contributed by atoms with E-state index in [1.54, 1.807) is 6.26 Å². The van der Waals surface area contributed by atoms with E-state index >= 15 is 0 Å². The Labute approximate surface area is 158 Å². The van der Waals surface area contributed by atoms with E-state index in [-0.39, 0.29) is 5.91 Å². The second-order valence-electron chi connectivity index (χ2n) is 6.43. The first-order chi connectivity index (χ1) is 12.4. The molecule has 0 saturated carbocycles. The smallest absolute Gasteiger partial charge is 0.257 e. The molecule has 3 aromatic rings. The predicted molar refractivity (Wildman–Crippen MR) is 105 cm³/mol. The topological polar surface area (TPSA) is 50.4 Å². The van der Waals surface area contributed by atoms with E-state index in [0.29, 0.717) is 22.8 Å². The summed E-state index contributed by atoms with van der Waals surface area (Å²) in [4.78, 5) is 14.8. The zero-order chi connectivity index (χ0) is 18.8. The zero-order valence-electron chi connectivity index (χ0n) is 15.3. The van der Waals surface area contributed by atoms with E-state index in [0.717, 1.165) is 22.8 Å². The van der Waals surface area contributed by atoms with Crippen LogP contribution in [0.1, 0.15) is 27.5 Å². The maximum Gasteiger partial charge on any atom is 0.257 e. The van der Waals surface area contributed by atoms with E-state index < -0.39 is 0 Å². The predicted octanol–water partition coefficient (Wildman–Crippen LogP) is 4.72. The van der Waals surface area contributed by atoms with Crippen molar-refractivity contribution in [2.75, 3.05) is 24.3 Å². The monoisotopic (exact) mass is 371 g/mol. The SMILES string of the molecule is Cc1cc(C(=O)Nc2cccc(Cl)c2N(C)C)c(C)n1Cc1ccco1. The van der Waals surface area contributed by atoms with E-state index in [2.05, 4.69) is 9.88 Å². The number of nitrogens with one attached hydrogen (secondary N) is 1. The van der Waals surface area contributed by atoms with Gasteiger partial charge in [0, 0.05) is 25.5 Å². The van der Waals surface area contributed by atoms with Crippen LogP contribution in [0.2, 0.25) is 5.02 Å². The summed E-state index contributed by atoms with van der Waals surface area (Å²) in [6.07, 6.45) is 1.65. The molecule has 0 atom stereocenters. The average Bonchev–Trinajstić information content (AvgIpc) is 3.18. The van der Waals surface area contributed by atoms with Gasteiger partial charge in [0.2, 0.25) is 0 Å². The lowest BCUT2D eigenvalue weighted by Gasteiger charge is -2.19. The lowest BCUT2D eigenvalue weighted by Crippen LogP contribution is -2.17. The van der Waals surface area contributed by atoms with Crippen LogP contribution in [0.5, 0.6) is 0 Å². The molecule has 0 saturated heterocycles. The molecule has 0 aliphatic heterocycles. The quantitative estimate of drug-likeness (QED) is 0.706. The second-order valence-corrected chi connectivity index (χ2v) is 6.84. The van der Waals surface area contributed by atoms with Gasteiger partial charge in [-0.3, -0.25) is 4.79 Å². The van der Waals surface area contributed by atoms with Crippen molar-refractivity contribution in [2.24, 2.45) is 0 Å². The number of amides is 1. The molecule has 26 heavy (non-hydrogen) atoms. The third-order valence-corrected chi connectivity index (χ3v) is 4.70. The third kappa shape index (κ3) is 3.48. The van der Waals surface area contributed by atoms with Crippen LogP contribution in [-0.2, 0) is 6.54 Å². The van der Waals surface area contributed by atoms with Gasteiger partial charge in [0.25, 0.3) is 5.91 Å². The van der Waals surface area contributed by atoms with Gasteiger partial charge in [0.1, 0.15) is 5.76 Å². The molecule has 5 nitrogen and oxygen atoms in total. The Morgan fingerprint density at radius 2 is 2.00 bits per heavy atom. The fourth-order valence-electron chi connectivity index (χ4n) is 3.09. The van der Waals surface area contributed by atoms with Gasteiger partial charge in [-0.15, -0.1) is 0 Å². The summed E-state index contributed by atoms with van der Waals surface area (Å²) in [5.74, 6) is 0.692. The molecule has 1 N–H and O–H groups in total. The number of rotatable bonds is 5. The number of aryl methyl sites for hydroxylation is 1. The molecule has 0 bridgehead atoms. The van der Waals surface area contributed by atoms with Crippen LogP contribution < -0.4 is 10.2 Å². The molecule has 3 rings (SSSR count). The normalized spacial score (nSPS) is 10.8. The molecule has 2 aromatic heterocycles. The van der Waals surface area contributed by atoms with Gasteiger partial charge in [-0.1, -0.05) is 17.7 Å². The highest BCUT2D eigenvalue weighted by molar-refractivity contribution is 6.34. The van der Waals surface area contributed by atoms with E-state index in [4.69, 9.17) is 16.0 Å². The zero-order valence-corrected chi connectivity index (χ0v) is 16.1. The molecule has 1 amide bonds. The van der Waals surface area contributed by atoms with E-state index in [9.17, 15) is 4.79 Å². The summed E-state index contributed by atoms with van der Waals surface area (Å²) in [5.41, 5.74) is 4.00. The summed E-state index contributed by atoms with van der Waals surface area (Å²) in [6.45, 7) is 4.52. The highest BCUT2D eigenvalue weighted by Gasteiger charge is 2.18. The number of aromatic nitrogens is 1. The number of carbonyl (C=O) groups excluding carboxylic acids is 1. The number of carbonyl (C=O) groups is 1. The fraction of sp³-hybridized carbons (Fsp3) is 0.250. The number of furan rings is 1. The highest BCUT2D eigenvalue weighted by Crippen LogP contribution is 2.33. The van der Waals surface area contributed by atoms with Crippen molar-refractivity contribution in [1.82, 2.24) is 4.57 Å². The minimum atomic E-state index is -0.158. The standard InChI is InChI=1S/C20H22ClN3O2/c1-13-11-16(14(2)24(13)12-15-7-6-10-26-15)20(25)22-18-9-5-8-17(21)19(18)23(3)4/h5-11H,12H2,1-4H3,(H,22,25). The molecule has 0 aliphatic carbocycles. The molecule has 0 spiro atoms. The van der Waals surface area contributed by atoms with Crippen molar-refractivity contribution in [1.29, 1.82) is 0 Å². The van der Waals surface area contributed by atoms with Gasteiger partial charge in [-0.05, 0) is 44.2 Å². The van der Waals surface area contributed by atoms with Crippen LogP contribution in [0.25, 0.3) is 0 Å². The van der Waals surface area contributed by atoms with Gasteiger partial charge in [0.15, 0.2) is 0 Å². The highest BCUT2D eigenvalue weighted by atomic mass is 35.5. The van der Waals surface area contributed by atoms with Crippen LogP contribution in [0.4, 0.5) is 11.4 Å². The molecule has 2 heterocycles. The van der Waals surface area contributed by atoms with Gasteiger partial charge in [0.05, 0.1) is 34.8 Å². The van der Waals surface area contributed by atoms with Crippen molar-refractivity contribution in [2.45, 2.75) is 20.4 Å². The number of benzene rings is 1. The van der Waals surface area contributed by atoms with Gasteiger partial charge in [-0.2, -0.15) is 0 Å². The molecular weight excluding hydrogens is 350 g/mol. The van der Waals surface area contributed by atoms with Crippen LogP contribution in [0.3, 0.4) is 0 Å². The molecule has 6 heteroatoms. The summed E-state index contributed by atoms with van der Waals surface area (Å²) in [6, 6.07) is 11.2. The number of halogens is 1. The number of para-hydroxylation sites is 1. The summed E-state index contributed by atoms with van der Waals surface area (Å²) >= 11 is 6.29. The van der Waals surface area contributed by atoms with Crippen molar-refractivity contribution < 1.29 is 9.21 Å². The molecule has 1 aromatic carbocycles. The van der Waals surface area contributed by atoms with Gasteiger partial charge in [-0.25, -0.2) is 0 Å². The lowest BCUT2D eigenvalue weighted by atomic mass is 10.2. The third-order valence-electron chi connectivity index (χ3n) is 4.39. The lowest BCUT2D eigenvalue weighted by molar-refractivity contribution is 0.102. The average molecular weight is 372 g/mol. The van der Waals surface area contributed by atoms with Gasteiger partial charge >= 0.3 is 0 Å². The Bertz CT molecular complexity index is 927. The molecule has 0 unspecified atom stereocenters. The van der Waals surface area contributed by atoms with E-state index in [1.165, 1.54) is 0 Å². The number of hydrogen-bond donors (Lipinski definition) is 1. The van der Waals surface area contributed by atoms with Crippen LogP contribution in [0.15, 0.2) is 47.1 Å². The molecule has 0 fully saturated rings. The molecule has 0 radical (unpaired) electrons. The Morgan fingerprint density at radius 1 is 1.23 bits per heavy atom. The molecule has 136 valence electrons. The number of nitrogens with zero attached hydrogens (tertiary/aromatic N) is 2. The number of hydrogen-bond acceptors (Lipinski definition) is 3. The summed E-state index contributed by atoms with van der Waals surface area (Å²) in [5, 5.41) is 3.58.